The van der Waals surface area contributed by atoms with Crippen LogP contribution in [0, 0.1) is 0 Å². The van der Waals surface area contributed by atoms with Gasteiger partial charge < -0.3 is 0 Å². The lowest BCUT2D eigenvalue weighted by atomic mass is 10.2. The molecule has 19 heavy (non-hydrogen) atoms. The number of fused-ring (bicyclic) bond motifs is 1. The van der Waals surface area contributed by atoms with Crippen molar-refractivity contribution in [3.05, 3.63) is 33.9 Å². The molecular weight excluding hydrogens is 280 g/mol. The molecular formula is C9H5F6N3O. The Morgan fingerprint density at radius 3 is 2.37 bits per heavy atom. The van der Waals surface area contributed by atoms with Gasteiger partial charge in [0.25, 0.3) is 0 Å². The number of rotatable bonds is 1. The largest absolute Gasteiger partial charge is 0.423 e. The van der Waals surface area contributed by atoms with Gasteiger partial charge in [-0.3, -0.25) is 14.3 Å². The van der Waals surface area contributed by atoms with Crippen molar-refractivity contribution >= 4 is 5.65 Å². The third kappa shape index (κ3) is 2.56. The molecule has 0 fully saturated rings. The summed E-state index contributed by atoms with van der Waals surface area (Å²) < 4.78 is 75.1. The van der Waals surface area contributed by atoms with Crippen LogP contribution in [0.15, 0.2) is 17.1 Å². The molecule has 0 aliphatic carbocycles. The van der Waals surface area contributed by atoms with Crippen LogP contribution in [0.5, 0.6) is 0 Å². The monoisotopic (exact) mass is 285 g/mol. The Labute approximate surface area is 100 Å². The van der Waals surface area contributed by atoms with Gasteiger partial charge in [-0.25, -0.2) is 0 Å². The highest BCUT2D eigenvalue weighted by Gasteiger charge is 2.38. The molecule has 0 amide bonds. The smallest absolute Gasteiger partial charge is 0.289 e. The first-order chi connectivity index (χ1) is 8.59. The SMILES string of the molecule is O=c1ccn2c(CC(F)(F)F)n[nH]c2c1C(F)(F)F. The number of aromatic nitrogens is 3. The molecule has 0 spiro atoms. The standard InChI is InChI=1S/C9H5F6N3O/c10-8(11,12)3-5-16-17-7-6(9(13,14)15)4(19)1-2-18(5)7/h1-2,17H,3H2. The molecule has 0 saturated heterocycles. The van der Waals surface area contributed by atoms with E-state index in [0.29, 0.717) is 10.5 Å². The Morgan fingerprint density at radius 1 is 1.21 bits per heavy atom. The number of pyridine rings is 1. The number of hydrogen-bond donors (Lipinski definition) is 1. The van der Waals surface area contributed by atoms with E-state index < -0.39 is 41.2 Å². The van der Waals surface area contributed by atoms with Crippen molar-refractivity contribution in [2.24, 2.45) is 0 Å². The molecule has 2 rings (SSSR count). The highest BCUT2D eigenvalue weighted by atomic mass is 19.4. The van der Waals surface area contributed by atoms with Gasteiger partial charge in [-0.1, -0.05) is 0 Å². The normalized spacial score (nSPS) is 13.2. The summed E-state index contributed by atoms with van der Waals surface area (Å²) in [5.41, 5.74) is -3.72. The lowest BCUT2D eigenvalue weighted by Crippen LogP contribution is -2.21. The van der Waals surface area contributed by atoms with Crippen molar-refractivity contribution in [1.29, 1.82) is 0 Å². The topological polar surface area (TPSA) is 50.2 Å². The van der Waals surface area contributed by atoms with E-state index in [1.165, 1.54) is 0 Å². The lowest BCUT2D eigenvalue weighted by Gasteiger charge is -2.08. The average molecular weight is 285 g/mol. The van der Waals surface area contributed by atoms with Crippen LogP contribution in [0.4, 0.5) is 26.3 Å². The highest BCUT2D eigenvalue weighted by molar-refractivity contribution is 5.49. The van der Waals surface area contributed by atoms with Gasteiger partial charge in [0.2, 0.25) is 0 Å². The zero-order chi connectivity index (χ0) is 14.4. The maximum Gasteiger partial charge on any atom is 0.423 e. The molecule has 2 aromatic heterocycles. The third-order valence-electron chi connectivity index (χ3n) is 2.31. The van der Waals surface area contributed by atoms with Crippen LogP contribution < -0.4 is 5.43 Å². The van der Waals surface area contributed by atoms with Gasteiger partial charge in [0.05, 0.1) is 0 Å². The predicted molar refractivity (Wildman–Crippen MR) is 50.6 cm³/mol. The summed E-state index contributed by atoms with van der Waals surface area (Å²) in [5.74, 6) is -0.659. The van der Waals surface area contributed by atoms with E-state index in [1.54, 1.807) is 0 Å². The number of nitrogens with zero attached hydrogens (tertiary/aromatic N) is 2. The second kappa shape index (κ2) is 4.00. The minimum Gasteiger partial charge on any atom is -0.289 e. The summed E-state index contributed by atoms with van der Waals surface area (Å²) in [5, 5.41) is 4.99. The molecule has 0 radical (unpaired) electrons. The van der Waals surface area contributed by atoms with Crippen LogP contribution >= 0.6 is 0 Å². The first-order valence-corrected chi connectivity index (χ1v) is 4.82. The zero-order valence-electron chi connectivity index (χ0n) is 8.93. The predicted octanol–water partition coefficient (Wildman–Crippen LogP) is 2.15. The average Bonchev–Trinajstić information content (AvgIpc) is 2.56. The Hall–Kier alpha value is -2.00. The van der Waals surface area contributed by atoms with Crippen molar-refractivity contribution in [2.75, 3.05) is 0 Å². The molecule has 4 nitrogen and oxygen atoms in total. The number of H-pyrrole nitrogens is 1. The number of halogens is 6. The number of nitrogens with one attached hydrogen (secondary N) is 1. The van der Waals surface area contributed by atoms with Gasteiger partial charge >= 0.3 is 12.4 Å². The van der Waals surface area contributed by atoms with Crippen molar-refractivity contribution < 1.29 is 26.3 Å². The summed E-state index contributed by atoms with van der Waals surface area (Å²) in [7, 11) is 0. The zero-order valence-corrected chi connectivity index (χ0v) is 8.93. The summed E-state index contributed by atoms with van der Waals surface area (Å²) in [6.45, 7) is 0. The Bertz CT molecular complexity index is 665. The Balaban J connectivity index is 2.67. The molecule has 0 saturated carbocycles. The van der Waals surface area contributed by atoms with Gasteiger partial charge in [0, 0.05) is 12.3 Å². The summed E-state index contributed by atoms with van der Waals surface area (Å²) in [6, 6.07) is 0.547. The first-order valence-electron chi connectivity index (χ1n) is 4.82. The van der Waals surface area contributed by atoms with E-state index in [1.807, 2.05) is 5.10 Å². The van der Waals surface area contributed by atoms with Crippen molar-refractivity contribution in [3.63, 3.8) is 0 Å². The quantitative estimate of drug-likeness (QED) is 0.816. The van der Waals surface area contributed by atoms with Crippen LogP contribution in [0.3, 0.4) is 0 Å². The van der Waals surface area contributed by atoms with E-state index in [0.717, 1.165) is 6.20 Å². The van der Waals surface area contributed by atoms with Gasteiger partial charge in [-0.15, -0.1) is 0 Å². The summed E-state index contributed by atoms with van der Waals surface area (Å²) in [6.07, 6.45) is -10.3. The maximum absolute atomic E-state index is 12.6. The Kier molecular flexibility index (Phi) is 2.83. The molecule has 104 valence electrons. The molecule has 0 atom stereocenters. The minimum atomic E-state index is -4.98. The fourth-order valence-electron chi connectivity index (χ4n) is 1.61. The van der Waals surface area contributed by atoms with Gasteiger partial charge in [-0.05, 0) is 0 Å². The van der Waals surface area contributed by atoms with Crippen LogP contribution in [0.2, 0.25) is 0 Å². The summed E-state index contributed by atoms with van der Waals surface area (Å²) in [4.78, 5) is 11.2. The van der Waals surface area contributed by atoms with Gasteiger partial charge in [0.1, 0.15) is 23.5 Å². The Morgan fingerprint density at radius 2 is 1.84 bits per heavy atom. The molecule has 0 aliphatic rings. The second-order valence-electron chi connectivity index (χ2n) is 3.70. The molecule has 0 bridgehead atoms. The van der Waals surface area contributed by atoms with Crippen LogP contribution in [0.25, 0.3) is 5.65 Å². The number of alkyl halides is 6. The fourth-order valence-corrected chi connectivity index (χ4v) is 1.61. The van der Waals surface area contributed by atoms with Gasteiger partial charge in [-0.2, -0.15) is 31.4 Å². The van der Waals surface area contributed by atoms with E-state index in [2.05, 4.69) is 5.10 Å². The van der Waals surface area contributed by atoms with Crippen LogP contribution in [-0.2, 0) is 12.6 Å². The molecule has 0 aliphatic heterocycles. The molecule has 2 aromatic rings. The van der Waals surface area contributed by atoms with Crippen LogP contribution in [0.1, 0.15) is 11.4 Å². The first kappa shape index (κ1) is 13.4. The van der Waals surface area contributed by atoms with E-state index in [9.17, 15) is 31.1 Å². The van der Waals surface area contributed by atoms with Crippen LogP contribution in [-0.4, -0.2) is 20.8 Å². The second-order valence-corrected chi connectivity index (χ2v) is 3.70. The summed E-state index contributed by atoms with van der Waals surface area (Å²) >= 11 is 0. The molecule has 0 unspecified atom stereocenters. The van der Waals surface area contributed by atoms with E-state index in [4.69, 9.17) is 0 Å². The number of aromatic amines is 1. The molecule has 1 N–H and O–H groups in total. The maximum atomic E-state index is 12.6. The van der Waals surface area contributed by atoms with E-state index in [-0.39, 0.29) is 0 Å². The van der Waals surface area contributed by atoms with Crippen molar-refractivity contribution in [1.82, 2.24) is 14.6 Å². The van der Waals surface area contributed by atoms with E-state index >= 15 is 0 Å². The molecule has 2 heterocycles. The van der Waals surface area contributed by atoms with Crippen molar-refractivity contribution in [3.8, 4) is 0 Å². The van der Waals surface area contributed by atoms with Gasteiger partial charge in [0.15, 0.2) is 5.43 Å². The minimum absolute atomic E-state index is 0.547. The number of hydrogen-bond acceptors (Lipinski definition) is 2. The highest BCUT2D eigenvalue weighted by Crippen LogP contribution is 2.30. The lowest BCUT2D eigenvalue weighted by molar-refractivity contribution is -0.137. The fraction of sp³-hybridized carbons (Fsp3) is 0.333. The molecule has 10 heteroatoms. The molecule has 0 aromatic carbocycles. The third-order valence-corrected chi connectivity index (χ3v) is 2.31. The van der Waals surface area contributed by atoms with Crippen molar-refractivity contribution in [2.45, 2.75) is 18.8 Å².